The van der Waals surface area contributed by atoms with Gasteiger partial charge in [0.2, 0.25) is 0 Å². The molecule has 9 nitrogen and oxygen atoms in total. The van der Waals surface area contributed by atoms with Gasteiger partial charge in [0.1, 0.15) is 24.6 Å². The Balaban J connectivity index is 1.40. The maximum atomic E-state index is 10.3. The molecule has 2 aliphatic rings. The van der Waals surface area contributed by atoms with Crippen LogP contribution in [-0.4, -0.2) is 66.3 Å². The molecule has 5 rings (SSSR count). The summed E-state index contributed by atoms with van der Waals surface area (Å²) < 4.78 is 7.15. The highest BCUT2D eigenvalue weighted by atomic mass is 35.5. The van der Waals surface area contributed by atoms with Crippen LogP contribution in [0.15, 0.2) is 36.9 Å². The van der Waals surface area contributed by atoms with E-state index >= 15 is 0 Å². The molecule has 0 radical (unpaired) electrons. The Morgan fingerprint density at radius 1 is 1.17 bits per heavy atom. The zero-order valence-electron chi connectivity index (χ0n) is 16.0. The molecule has 4 atom stereocenters. The van der Waals surface area contributed by atoms with Crippen molar-refractivity contribution in [2.24, 2.45) is 0 Å². The van der Waals surface area contributed by atoms with E-state index in [1.165, 1.54) is 12.7 Å². The molecule has 3 heterocycles. The van der Waals surface area contributed by atoms with Gasteiger partial charge >= 0.3 is 0 Å². The van der Waals surface area contributed by atoms with E-state index in [9.17, 15) is 15.3 Å². The smallest absolute Gasteiger partial charge is 0.167 e. The van der Waals surface area contributed by atoms with Gasteiger partial charge in [0.05, 0.1) is 12.9 Å². The number of aromatic nitrogens is 4. The molecule has 3 aromatic rings. The lowest BCUT2D eigenvalue weighted by molar-refractivity contribution is -0.0511. The van der Waals surface area contributed by atoms with Gasteiger partial charge in [-0.15, -0.1) is 0 Å². The topological polar surface area (TPSA) is 126 Å². The summed E-state index contributed by atoms with van der Waals surface area (Å²) in [7, 11) is 0. The van der Waals surface area contributed by atoms with Crippen molar-refractivity contribution >= 4 is 28.6 Å². The van der Waals surface area contributed by atoms with E-state index in [0.717, 1.165) is 23.4 Å². The van der Waals surface area contributed by atoms with E-state index in [1.807, 2.05) is 18.2 Å². The van der Waals surface area contributed by atoms with Crippen LogP contribution in [0.1, 0.15) is 24.6 Å². The van der Waals surface area contributed by atoms with Crippen molar-refractivity contribution in [3.8, 4) is 0 Å². The summed E-state index contributed by atoms with van der Waals surface area (Å²) in [4.78, 5) is 13.0. The van der Waals surface area contributed by atoms with Gasteiger partial charge in [0.15, 0.2) is 23.2 Å². The molecule has 30 heavy (non-hydrogen) atoms. The number of benzene rings is 1. The van der Waals surface area contributed by atoms with Crippen LogP contribution in [0.5, 0.6) is 0 Å². The van der Waals surface area contributed by atoms with Crippen LogP contribution in [0.2, 0.25) is 5.02 Å². The van der Waals surface area contributed by atoms with Crippen molar-refractivity contribution in [1.82, 2.24) is 19.5 Å². The first-order valence-corrected chi connectivity index (χ1v) is 10.2. The van der Waals surface area contributed by atoms with Crippen LogP contribution >= 0.6 is 11.6 Å². The summed E-state index contributed by atoms with van der Waals surface area (Å²) in [5.74, 6) is 0.573. The second-order valence-electron chi connectivity index (χ2n) is 7.89. The highest BCUT2D eigenvalue weighted by Crippen LogP contribution is 2.50. The predicted molar refractivity (Wildman–Crippen MR) is 109 cm³/mol. The maximum absolute atomic E-state index is 10.3. The van der Waals surface area contributed by atoms with Crippen molar-refractivity contribution in [3.63, 3.8) is 0 Å². The van der Waals surface area contributed by atoms with Gasteiger partial charge in [-0.05, 0) is 24.5 Å². The Kier molecular flexibility index (Phi) is 4.87. The predicted octanol–water partition coefficient (Wildman–Crippen LogP) is 1.23. The molecule has 0 bridgehead atoms. The molecule has 4 N–H and O–H groups in total. The molecule has 158 valence electrons. The molecule has 1 aliphatic heterocycles. The van der Waals surface area contributed by atoms with Crippen LogP contribution in [0.4, 0.5) is 5.82 Å². The van der Waals surface area contributed by atoms with Crippen LogP contribution < -0.4 is 5.32 Å². The van der Waals surface area contributed by atoms with E-state index in [0.29, 0.717) is 23.5 Å². The molecule has 2 unspecified atom stereocenters. The van der Waals surface area contributed by atoms with Gasteiger partial charge in [-0.25, -0.2) is 15.0 Å². The molecule has 2 fully saturated rings. The Morgan fingerprint density at radius 2 is 1.97 bits per heavy atom. The van der Waals surface area contributed by atoms with Crippen LogP contribution in [-0.2, 0) is 10.2 Å². The number of aliphatic hydroxyl groups excluding tert-OH is 3. The highest BCUT2D eigenvalue weighted by Gasteiger charge is 2.46. The average molecular weight is 432 g/mol. The van der Waals surface area contributed by atoms with Gasteiger partial charge in [0.25, 0.3) is 0 Å². The molecule has 1 aromatic carbocycles. The standard InChI is InChI=1S/C20H22ClN5O4/c21-12-4-2-1-3-11(12)20(5-6-20)8-22-17-14-18(24-9-23-17)26(10-25-14)19-16(29)15(28)13(7-27)30-19/h1-4,9-10,13,15-16,19,27-29H,5-8H2,(H,22,23,24)/t13-,15?,16?,19-/m1/s1. The molecule has 1 saturated carbocycles. The Morgan fingerprint density at radius 3 is 2.67 bits per heavy atom. The fraction of sp³-hybridized carbons (Fsp3) is 0.450. The summed E-state index contributed by atoms with van der Waals surface area (Å²) >= 11 is 6.41. The van der Waals surface area contributed by atoms with Crippen LogP contribution in [0.3, 0.4) is 0 Å². The monoisotopic (exact) mass is 431 g/mol. The van der Waals surface area contributed by atoms with Gasteiger partial charge < -0.3 is 25.4 Å². The van der Waals surface area contributed by atoms with Crippen molar-refractivity contribution < 1.29 is 20.1 Å². The van der Waals surface area contributed by atoms with Gasteiger partial charge in [0, 0.05) is 17.0 Å². The minimum atomic E-state index is -1.21. The van der Waals surface area contributed by atoms with Gasteiger partial charge in [-0.3, -0.25) is 4.57 Å². The molecular weight excluding hydrogens is 410 g/mol. The quantitative estimate of drug-likeness (QED) is 0.459. The summed E-state index contributed by atoms with van der Waals surface area (Å²) in [6.45, 7) is 0.261. The van der Waals surface area contributed by atoms with Crippen LogP contribution in [0.25, 0.3) is 11.2 Å². The number of aliphatic hydroxyl groups is 3. The van der Waals surface area contributed by atoms with E-state index in [4.69, 9.17) is 16.3 Å². The number of ether oxygens (including phenoxy) is 1. The summed E-state index contributed by atoms with van der Waals surface area (Å²) in [6.07, 6.45) is 0.813. The lowest BCUT2D eigenvalue weighted by Crippen LogP contribution is -2.33. The number of anilines is 1. The summed E-state index contributed by atoms with van der Waals surface area (Å²) in [6, 6.07) is 7.88. The van der Waals surface area contributed by atoms with Crippen molar-refractivity contribution in [1.29, 1.82) is 0 Å². The molecule has 0 amide bonds. The lowest BCUT2D eigenvalue weighted by atomic mass is 9.96. The third-order valence-electron chi connectivity index (χ3n) is 6.04. The third kappa shape index (κ3) is 3.14. The van der Waals surface area contributed by atoms with E-state index in [2.05, 4.69) is 26.3 Å². The van der Waals surface area contributed by atoms with Gasteiger partial charge in [-0.1, -0.05) is 29.8 Å². The molecule has 0 spiro atoms. The number of imidazole rings is 1. The second-order valence-corrected chi connectivity index (χ2v) is 8.30. The number of nitrogens with one attached hydrogen (secondary N) is 1. The molecule has 1 saturated heterocycles. The summed E-state index contributed by atoms with van der Waals surface area (Å²) in [5, 5.41) is 33.8. The average Bonchev–Trinajstić information content (AvgIpc) is 3.34. The first kappa shape index (κ1) is 19.7. The number of rotatable bonds is 6. The minimum Gasteiger partial charge on any atom is -0.394 e. The molecule has 1 aliphatic carbocycles. The Bertz CT molecular complexity index is 1070. The number of fused-ring (bicyclic) bond motifs is 1. The van der Waals surface area contributed by atoms with Crippen molar-refractivity contribution in [2.75, 3.05) is 18.5 Å². The number of hydrogen-bond donors (Lipinski definition) is 4. The fourth-order valence-corrected chi connectivity index (χ4v) is 4.45. The van der Waals surface area contributed by atoms with Crippen LogP contribution in [0, 0.1) is 0 Å². The molecule has 2 aromatic heterocycles. The maximum Gasteiger partial charge on any atom is 0.167 e. The molecular formula is C20H22ClN5O4. The zero-order chi connectivity index (χ0) is 20.9. The third-order valence-corrected chi connectivity index (χ3v) is 6.37. The number of nitrogens with zero attached hydrogens (tertiary/aromatic N) is 4. The molecule has 10 heteroatoms. The zero-order valence-corrected chi connectivity index (χ0v) is 16.8. The second kappa shape index (κ2) is 7.44. The van der Waals surface area contributed by atoms with E-state index in [-0.39, 0.29) is 5.41 Å². The Hall–Kier alpha value is -2.30. The lowest BCUT2D eigenvalue weighted by Gasteiger charge is -2.19. The largest absolute Gasteiger partial charge is 0.394 e. The fourth-order valence-electron chi connectivity index (χ4n) is 4.11. The summed E-state index contributed by atoms with van der Waals surface area (Å²) in [5.41, 5.74) is 2.10. The number of hydrogen-bond acceptors (Lipinski definition) is 8. The van der Waals surface area contributed by atoms with Gasteiger partial charge in [-0.2, -0.15) is 0 Å². The van der Waals surface area contributed by atoms with E-state index < -0.39 is 31.1 Å². The van der Waals surface area contributed by atoms with E-state index in [1.54, 1.807) is 4.57 Å². The normalized spacial score (nSPS) is 27.5. The first-order valence-electron chi connectivity index (χ1n) is 9.83. The Labute approximate surface area is 177 Å². The minimum absolute atomic E-state index is 0.0264. The first-order chi connectivity index (χ1) is 14.5. The van der Waals surface area contributed by atoms with Crippen molar-refractivity contribution in [2.45, 2.75) is 42.8 Å². The van der Waals surface area contributed by atoms with Crippen molar-refractivity contribution in [3.05, 3.63) is 47.5 Å². The SMILES string of the molecule is OC[C@H]1O[C@@H](n2cnc3c(NCC4(c5ccccc5Cl)CC4)ncnc32)C(O)C1O. The number of halogens is 1. The highest BCUT2D eigenvalue weighted by molar-refractivity contribution is 6.31.